The predicted molar refractivity (Wildman–Crippen MR) is 53.5 cm³/mol. The molecule has 1 aromatic rings. The van der Waals surface area contributed by atoms with E-state index >= 15 is 0 Å². The third-order valence-corrected chi connectivity index (χ3v) is 2.46. The first kappa shape index (κ1) is 8.70. The quantitative estimate of drug-likeness (QED) is 0.643. The monoisotopic (exact) mass is 194 g/mol. The molecule has 0 saturated heterocycles. The van der Waals surface area contributed by atoms with E-state index in [1.54, 1.807) is 0 Å². The molecule has 0 fully saturated rings. The van der Waals surface area contributed by atoms with Gasteiger partial charge in [0.25, 0.3) is 0 Å². The van der Waals surface area contributed by atoms with Gasteiger partial charge in [0.05, 0.1) is 5.69 Å². The van der Waals surface area contributed by atoms with E-state index in [-0.39, 0.29) is 0 Å². The molecule has 0 amide bonds. The highest BCUT2D eigenvalue weighted by atomic mass is 35.5. The highest BCUT2D eigenvalue weighted by Gasteiger charge is 2.07. The summed E-state index contributed by atoms with van der Waals surface area (Å²) in [5.41, 5.74) is 2.30. The zero-order valence-corrected chi connectivity index (χ0v) is 8.09. The number of halogens is 1. The van der Waals surface area contributed by atoms with Crippen molar-refractivity contribution in [2.45, 2.75) is 25.7 Å². The van der Waals surface area contributed by atoms with Crippen molar-refractivity contribution in [1.29, 1.82) is 0 Å². The van der Waals surface area contributed by atoms with Crippen LogP contribution in [0.25, 0.3) is 5.57 Å². The van der Waals surface area contributed by atoms with Crippen LogP contribution >= 0.6 is 11.6 Å². The van der Waals surface area contributed by atoms with E-state index in [2.05, 4.69) is 16.0 Å². The Morgan fingerprint density at radius 1 is 1.23 bits per heavy atom. The van der Waals surface area contributed by atoms with Gasteiger partial charge in [-0.25, -0.2) is 9.97 Å². The molecule has 0 atom stereocenters. The summed E-state index contributed by atoms with van der Waals surface area (Å²) in [5, 5.41) is 0.525. The Balaban J connectivity index is 2.29. The van der Waals surface area contributed by atoms with Gasteiger partial charge < -0.3 is 0 Å². The average molecular weight is 195 g/mol. The van der Waals surface area contributed by atoms with Crippen molar-refractivity contribution < 1.29 is 0 Å². The predicted octanol–water partition coefficient (Wildman–Crippen LogP) is 3.09. The van der Waals surface area contributed by atoms with Crippen molar-refractivity contribution in [2.24, 2.45) is 0 Å². The lowest BCUT2D eigenvalue weighted by molar-refractivity contribution is 0.739. The van der Waals surface area contributed by atoms with Gasteiger partial charge in [-0.3, -0.25) is 0 Å². The van der Waals surface area contributed by atoms with Crippen LogP contribution in [0.3, 0.4) is 0 Å². The van der Waals surface area contributed by atoms with E-state index in [0.717, 1.165) is 18.5 Å². The van der Waals surface area contributed by atoms with E-state index < -0.39 is 0 Å². The molecule has 0 saturated carbocycles. The minimum absolute atomic E-state index is 0.525. The maximum absolute atomic E-state index is 5.79. The summed E-state index contributed by atoms with van der Waals surface area (Å²) >= 11 is 5.79. The molecular weight excluding hydrogens is 184 g/mol. The van der Waals surface area contributed by atoms with E-state index in [1.807, 2.05) is 6.07 Å². The van der Waals surface area contributed by atoms with Crippen molar-refractivity contribution in [3.05, 3.63) is 29.3 Å². The molecule has 0 bridgehead atoms. The summed E-state index contributed by atoms with van der Waals surface area (Å²) in [6, 6.07) is 1.83. The van der Waals surface area contributed by atoms with E-state index in [1.165, 1.54) is 24.7 Å². The Morgan fingerprint density at radius 3 is 2.85 bits per heavy atom. The first-order chi connectivity index (χ1) is 6.36. The summed E-state index contributed by atoms with van der Waals surface area (Å²) in [6.45, 7) is 0. The van der Waals surface area contributed by atoms with Gasteiger partial charge in [0.15, 0.2) is 0 Å². The standard InChI is InChI=1S/C10H11ClN2/c11-10-6-9(12-7-13-10)8-4-2-1-3-5-8/h4,6-7H,1-3,5H2. The second-order valence-electron chi connectivity index (χ2n) is 3.20. The number of hydrogen-bond donors (Lipinski definition) is 0. The van der Waals surface area contributed by atoms with Crippen LogP contribution < -0.4 is 0 Å². The molecule has 0 radical (unpaired) electrons. The molecule has 1 heterocycles. The Hall–Kier alpha value is -0.890. The van der Waals surface area contributed by atoms with Gasteiger partial charge in [-0.1, -0.05) is 17.7 Å². The molecule has 1 aliphatic rings. The third-order valence-electron chi connectivity index (χ3n) is 2.25. The Bertz CT molecular complexity index is 333. The molecule has 1 aliphatic carbocycles. The third kappa shape index (κ3) is 2.07. The second kappa shape index (κ2) is 3.88. The summed E-state index contributed by atoms with van der Waals surface area (Å²) in [6.07, 6.45) is 8.61. The lowest BCUT2D eigenvalue weighted by Gasteiger charge is -2.11. The SMILES string of the molecule is Clc1cc(C2=CCCCC2)ncn1. The topological polar surface area (TPSA) is 25.8 Å². The second-order valence-corrected chi connectivity index (χ2v) is 3.59. The van der Waals surface area contributed by atoms with Gasteiger partial charge in [-0.15, -0.1) is 0 Å². The zero-order chi connectivity index (χ0) is 9.10. The van der Waals surface area contributed by atoms with Crippen molar-refractivity contribution >= 4 is 17.2 Å². The fourth-order valence-corrected chi connectivity index (χ4v) is 1.73. The highest BCUT2D eigenvalue weighted by molar-refractivity contribution is 6.29. The van der Waals surface area contributed by atoms with E-state index in [4.69, 9.17) is 11.6 Å². The highest BCUT2D eigenvalue weighted by Crippen LogP contribution is 2.25. The number of allylic oxidation sites excluding steroid dienone is 2. The Labute approximate surface area is 82.7 Å². The van der Waals surface area contributed by atoms with Gasteiger partial charge in [0, 0.05) is 6.07 Å². The van der Waals surface area contributed by atoms with Crippen LogP contribution in [0, 0.1) is 0 Å². The molecule has 0 N–H and O–H groups in total. The minimum Gasteiger partial charge on any atom is -0.237 e. The molecular formula is C10H11ClN2. The van der Waals surface area contributed by atoms with Crippen LogP contribution in [0.1, 0.15) is 31.4 Å². The maximum atomic E-state index is 5.79. The summed E-state index contributed by atoms with van der Waals surface area (Å²) in [7, 11) is 0. The Morgan fingerprint density at radius 2 is 2.15 bits per heavy atom. The molecule has 68 valence electrons. The van der Waals surface area contributed by atoms with Crippen molar-refractivity contribution in [1.82, 2.24) is 9.97 Å². The summed E-state index contributed by atoms with van der Waals surface area (Å²) in [5.74, 6) is 0. The van der Waals surface area contributed by atoms with Crippen LogP contribution in [0.2, 0.25) is 5.15 Å². The largest absolute Gasteiger partial charge is 0.237 e. The first-order valence-electron chi connectivity index (χ1n) is 4.53. The zero-order valence-electron chi connectivity index (χ0n) is 7.33. The molecule has 2 rings (SSSR count). The molecule has 0 spiro atoms. The van der Waals surface area contributed by atoms with Gasteiger partial charge in [0.1, 0.15) is 11.5 Å². The number of nitrogens with zero attached hydrogens (tertiary/aromatic N) is 2. The van der Waals surface area contributed by atoms with Crippen molar-refractivity contribution in [3.8, 4) is 0 Å². The van der Waals surface area contributed by atoms with Gasteiger partial charge in [0.2, 0.25) is 0 Å². The number of rotatable bonds is 1. The van der Waals surface area contributed by atoms with Crippen LogP contribution in [0.5, 0.6) is 0 Å². The summed E-state index contributed by atoms with van der Waals surface area (Å²) in [4.78, 5) is 8.06. The lowest BCUT2D eigenvalue weighted by Crippen LogP contribution is -1.95. The molecule has 13 heavy (non-hydrogen) atoms. The number of aromatic nitrogens is 2. The summed E-state index contributed by atoms with van der Waals surface area (Å²) < 4.78 is 0. The molecule has 0 unspecified atom stereocenters. The average Bonchev–Trinajstić information content (AvgIpc) is 2.19. The molecule has 3 heteroatoms. The van der Waals surface area contributed by atoms with E-state index in [9.17, 15) is 0 Å². The van der Waals surface area contributed by atoms with Crippen molar-refractivity contribution in [3.63, 3.8) is 0 Å². The minimum atomic E-state index is 0.525. The molecule has 2 nitrogen and oxygen atoms in total. The molecule has 0 aliphatic heterocycles. The van der Waals surface area contributed by atoms with Gasteiger partial charge in [-0.2, -0.15) is 0 Å². The van der Waals surface area contributed by atoms with E-state index in [0.29, 0.717) is 5.15 Å². The Kier molecular flexibility index (Phi) is 2.60. The maximum Gasteiger partial charge on any atom is 0.133 e. The van der Waals surface area contributed by atoms with Gasteiger partial charge >= 0.3 is 0 Å². The van der Waals surface area contributed by atoms with Crippen LogP contribution in [0.15, 0.2) is 18.5 Å². The lowest BCUT2D eigenvalue weighted by atomic mass is 9.97. The first-order valence-corrected chi connectivity index (χ1v) is 4.91. The normalized spacial score (nSPS) is 16.8. The molecule has 1 aromatic heterocycles. The van der Waals surface area contributed by atoms with Gasteiger partial charge in [-0.05, 0) is 31.3 Å². The fraction of sp³-hybridized carbons (Fsp3) is 0.400. The van der Waals surface area contributed by atoms with Crippen LogP contribution in [-0.2, 0) is 0 Å². The molecule has 0 aromatic carbocycles. The van der Waals surface area contributed by atoms with Crippen LogP contribution in [-0.4, -0.2) is 9.97 Å². The number of hydrogen-bond acceptors (Lipinski definition) is 2. The van der Waals surface area contributed by atoms with Crippen molar-refractivity contribution in [2.75, 3.05) is 0 Å². The van der Waals surface area contributed by atoms with Crippen LogP contribution in [0.4, 0.5) is 0 Å². The smallest absolute Gasteiger partial charge is 0.133 e. The fourth-order valence-electron chi connectivity index (χ4n) is 1.58.